The smallest absolute Gasteiger partial charge is 0.308 e. The Labute approximate surface area is 180 Å². The molecule has 7 nitrogen and oxygen atoms in total. The van der Waals surface area contributed by atoms with E-state index in [9.17, 15) is 9.59 Å². The van der Waals surface area contributed by atoms with Crippen LogP contribution in [-0.4, -0.2) is 78.9 Å². The van der Waals surface area contributed by atoms with E-state index in [-0.39, 0.29) is 23.4 Å². The molecule has 0 saturated carbocycles. The Hall–Kier alpha value is -2.00. The van der Waals surface area contributed by atoms with Gasteiger partial charge in [0.15, 0.2) is 0 Å². The molecule has 3 heterocycles. The molecule has 0 N–H and O–H groups in total. The summed E-state index contributed by atoms with van der Waals surface area (Å²) in [5.74, 6) is -0.0219. The first kappa shape index (κ1) is 21.2. The highest BCUT2D eigenvalue weighted by Crippen LogP contribution is 2.25. The molecule has 0 radical (unpaired) electrons. The molecular formula is C22H29N3O4S. The molecule has 2 saturated heterocycles. The highest BCUT2D eigenvalue weighted by molar-refractivity contribution is 7.09. The van der Waals surface area contributed by atoms with Gasteiger partial charge in [0.2, 0.25) is 5.91 Å². The van der Waals surface area contributed by atoms with E-state index >= 15 is 0 Å². The summed E-state index contributed by atoms with van der Waals surface area (Å²) in [5.41, 5.74) is 1.81. The van der Waals surface area contributed by atoms with Crippen LogP contribution in [-0.2, 0) is 20.8 Å². The second-order valence-corrected chi connectivity index (χ2v) is 8.97. The number of amides is 1. The van der Waals surface area contributed by atoms with Gasteiger partial charge in [-0.25, -0.2) is 0 Å². The molecule has 162 valence electrons. The summed E-state index contributed by atoms with van der Waals surface area (Å²) in [4.78, 5) is 30.5. The van der Waals surface area contributed by atoms with Gasteiger partial charge in [-0.2, -0.15) is 0 Å². The van der Waals surface area contributed by atoms with Crippen LogP contribution in [0.1, 0.15) is 11.3 Å². The minimum Gasteiger partial charge on any atom is -0.379 e. The molecule has 0 bridgehead atoms. The van der Waals surface area contributed by atoms with Gasteiger partial charge in [0.05, 0.1) is 31.6 Å². The fourth-order valence-electron chi connectivity index (χ4n) is 4.11. The molecule has 8 heteroatoms. The zero-order chi connectivity index (χ0) is 20.9. The number of carbonyl (C=O) groups is 1. The topological polar surface area (TPSA) is 64.0 Å². The predicted octanol–water partition coefficient (Wildman–Crippen LogP) is 1.83. The molecule has 1 aromatic heterocycles. The van der Waals surface area contributed by atoms with Crippen LogP contribution in [0.15, 0.2) is 35.1 Å². The Morgan fingerprint density at radius 2 is 1.97 bits per heavy atom. The number of hydrogen-bond donors (Lipinski definition) is 0. The predicted molar refractivity (Wildman–Crippen MR) is 117 cm³/mol. The zero-order valence-corrected chi connectivity index (χ0v) is 18.2. The number of carbonyl (C=O) groups excluding carboxylic acids is 1. The van der Waals surface area contributed by atoms with Gasteiger partial charge in [-0.1, -0.05) is 41.7 Å². The number of benzene rings is 1. The second kappa shape index (κ2) is 9.87. The molecule has 2 aliphatic heterocycles. The van der Waals surface area contributed by atoms with E-state index in [1.165, 1.54) is 11.3 Å². The summed E-state index contributed by atoms with van der Waals surface area (Å²) in [6.07, 6.45) is 0.919. The molecule has 1 amide bonds. The Kier molecular flexibility index (Phi) is 6.99. The van der Waals surface area contributed by atoms with Crippen molar-refractivity contribution < 1.29 is 14.3 Å². The van der Waals surface area contributed by atoms with Crippen molar-refractivity contribution in [2.24, 2.45) is 0 Å². The van der Waals surface area contributed by atoms with E-state index in [2.05, 4.69) is 4.90 Å². The maximum atomic E-state index is 12.9. The number of hydrogen-bond acceptors (Lipinski definition) is 6. The lowest BCUT2D eigenvalue weighted by atomic mass is 10.1. The van der Waals surface area contributed by atoms with Crippen molar-refractivity contribution in [2.75, 3.05) is 52.5 Å². The maximum Gasteiger partial charge on any atom is 0.308 e. The highest BCUT2D eigenvalue weighted by Gasteiger charge is 2.28. The van der Waals surface area contributed by atoms with Gasteiger partial charge in [0.25, 0.3) is 0 Å². The van der Waals surface area contributed by atoms with Crippen LogP contribution in [0.4, 0.5) is 0 Å². The molecule has 0 aliphatic carbocycles. The van der Waals surface area contributed by atoms with E-state index in [1.807, 2.05) is 42.2 Å². The number of aromatic nitrogens is 1. The molecule has 2 aliphatic rings. The largest absolute Gasteiger partial charge is 0.379 e. The van der Waals surface area contributed by atoms with Crippen LogP contribution in [0, 0.1) is 6.92 Å². The molecule has 1 unspecified atom stereocenters. The summed E-state index contributed by atoms with van der Waals surface area (Å²) < 4.78 is 13.0. The lowest BCUT2D eigenvalue weighted by molar-refractivity contribution is -0.131. The molecule has 2 aromatic rings. The molecule has 0 spiro atoms. The highest BCUT2D eigenvalue weighted by atomic mass is 32.1. The first-order valence-corrected chi connectivity index (χ1v) is 11.4. The Morgan fingerprint density at radius 3 is 2.73 bits per heavy atom. The SMILES string of the molecule is Cc1sc(=O)n(CC(=O)N2CCC(OCCN3CCOCC3)C2)c1-c1ccccc1. The van der Waals surface area contributed by atoms with Crippen LogP contribution in [0.3, 0.4) is 0 Å². The number of rotatable bonds is 7. The molecule has 1 atom stereocenters. The normalized spacial score (nSPS) is 20.0. The zero-order valence-electron chi connectivity index (χ0n) is 17.4. The van der Waals surface area contributed by atoms with E-state index in [1.54, 1.807) is 4.57 Å². The number of aryl methyl sites for hydroxylation is 1. The van der Waals surface area contributed by atoms with Gasteiger partial charge in [-0.15, -0.1) is 0 Å². The summed E-state index contributed by atoms with van der Waals surface area (Å²) in [6.45, 7) is 8.36. The van der Waals surface area contributed by atoms with Gasteiger partial charge in [-0.3, -0.25) is 19.1 Å². The third-order valence-corrected chi connectivity index (χ3v) is 6.66. The van der Waals surface area contributed by atoms with Crippen LogP contribution in [0.2, 0.25) is 0 Å². The lowest BCUT2D eigenvalue weighted by Gasteiger charge is -2.26. The van der Waals surface area contributed by atoms with E-state index in [0.717, 1.165) is 55.4 Å². The summed E-state index contributed by atoms with van der Waals surface area (Å²) in [6, 6.07) is 9.79. The van der Waals surface area contributed by atoms with Crippen molar-refractivity contribution in [3.63, 3.8) is 0 Å². The molecular weight excluding hydrogens is 402 g/mol. The van der Waals surface area contributed by atoms with Crippen LogP contribution in [0.25, 0.3) is 11.3 Å². The van der Waals surface area contributed by atoms with E-state index in [0.29, 0.717) is 19.7 Å². The Bertz CT molecular complexity index is 905. The first-order chi connectivity index (χ1) is 14.6. The molecule has 1 aromatic carbocycles. The average molecular weight is 432 g/mol. The number of likely N-dealkylation sites (tertiary alicyclic amines) is 1. The number of ether oxygens (including phenoxy) is 2. The third-order valence-electron chi connectivity index (χ3n) is 5.77. The van der Waals surface area contributed by atoms with Crippen molar-refractivity contribution in [3.05, 3.63) is 44.9 Å². The summed E-state index contributed by atoms with van der Waals surface area (Å²) in [7, 11) is 0. The molecule has 4 rings (SSSR count). The number of thiazole rings is 1. The van der Waals surface area contributed by atoms with Gasteiger partial charge < -0.3 is 14.4 Å². The fraction of sp³-hybridized carbons (Fsp3) is 0.545. The number of nitrogens with zero attached hydrogens (tertiary/aromatic N) is 3. The minimum atomic E-state index is -0.0859. The second-order valence-electron chi connectivity index (χ2n) is 7.80. The molecule has 30 heavy (non-hydrogen) atoms. The van der Waals surface area contributed by atoms with Crippen LogP contribution >= 0.6 is 11.3 Å². The van der Waals surface area contributed by atoms with Gasteiger partial charge >= 0.3 is 4.87 Å². The standard InChI is InChI=1S/C22H29N3O4S/c1-17-21(18-5-3-2-4-6-18)25(22(27)30-17)16-20(26)24-8-7-19(15-24)29-14-11-23-9-12-28-13-10-23/h2-6,19H,7-16H2,1H3. The summed E-state index contributed by atoms with van der Waals surface area (Å²) in [5, 5.41) is 0. The monoisotopic (exact) mass is 431 g/mol. The maximum absolute atomic E-state index is 12.9. The van der Waals surface area contributed by atoms with Crippen molar-refractivity contribution in [2.45, 2.75) is 26.0 Å². The van der Waals surface area contributed by atoms with Gasteiger partial charge in [0.1, 0.15) is 6.54 Å². The van der Waals surface area contributed by atoms with E-state index in [4.69, 9.17) is 9.47 Å². The van der Waals surface area contributed by atoms with Crippen molar-refractivity contribution in [3.8, 4) is 11.3 Å². The van der Waals surface area contributed by atoms with Gasteiger partial charge in [0, 0.05) is 37.6 Å². The van der Waals surface area contributed by atoms with E-state index < -0.39 is 0 Å². The fourth-order valence-corrected chi connectivity index (χ4v) is 4.97. The van der Waals surface area contributed by atoms with Crippen LogP contribution in [0.5, 0.6) is 0 Å². The minimum absolute atomic E-state index is 0.0219. The van der Waals surface area contributed by atoms with Crippen molar-refractivity contribution >= 4 is 17.2 Å². The summed E-state index contributed by atoms with van der Waals surface area (Å²) >= 11 is 1.20. The van der Waals surface area contributed by atoms with Crippen LogP contribution < -0.4 is 4.87 Å². The van der Waals surface area contributed by atoms with Crippen molar-refractivity contribution in [1.29, 1.82) is 0 Å². The number of morpholine rings is 1. The Balaban J connectivity index is 1.32. The van der Waals surface area contributed by atoms with Crippen molar-refractivity contribution in [1.82, 2.24) is 14.4 Å². The Morgan fingerprint density at radius 1 is 1.20 bits per heavy atom. The lowest BCUT2D eigenvalue weighted by Crippen LogP contribution is -2.39. The average Bonchev–Trinajstić information content (AvgIpc) is 3.34. The first-order valence-electron chi connectivity index (χ1n) is 10.6. The molecule has 2 fully saturated rings. The third kappa shape index (κ3) is 5.00. The quantitative estimate of drug-likeness (QED) is 0.669. The van der Waals surface area contributed by atoms with Gasteiger partial charge in [-0.05, 0) is 18.9 Å².